The minimum absolute atomic E-state index is 0.00835. The number of unbranched alkanes of at least 4 members (excludes halogenated alkanes) is 11. The zero-order chi connectivity index (χ0) is 38.4. The summed E-state index contributed by atoms with van der Waals surface area (Å²) >= 11 is 0. The van der Waals surface area contributed by atoms with Gasteiger partial charge < -0.3 is 28.6 Å². The molecular formula is C38H63N3O12. The highest BCUT2D eigenvalue weighted by Gasteiger charge is 2.33. The van der Waals surface area contributed by atoms with Crippen LogP contribution in [0.15, 0.2) is 12.2 Å². The zero-order valence-electron chi connectivity index (χ0n) is 31.8. The smallest absolute Gasteiger partial charge is 0.335 e. The summed E-state index contributed by atoms with van der Waals surface area (Å²) in [5, 5.41) is 4.21. The van der Waals surface area contributed by atoms with Gasteiger partial charge >= 0.3 is 11.9 Å². The first-order valence-electron chi connectivity index (χ1n) is 19.7. The zero-order valence-corrected chi connectivity index (χ0v) is 31.8. The Labute approximate surface area is 314 Å². The maximum absolute atomic E-state index is 12.0. The lowest BCUT2D eigenvalue weighted by Crippen LogP contribution is -2.33. The van der Waals surface area contributed by atoms with E-state index in [4.69, 9.17) is 28.6 Å². The van der Waals surface area contributed by atoms with Crippen molar-refractivity contribution in [3.05, 3.63) is 12.2 Å². The number of hydrogen-bond acceptors (Lipinski definition) is 13. The van der Waals surface area contributed by atoms with Crippen LogP contribution in [0.25, 0.3) is 0 Å². The van der Waals surface area contributed by atoms with Crippen LogP contribution in [0.5, 0.6) is 0 Å². The molecule has 0 aromatic heterocycles. The van der Waals surface area contributed by atoms with Crippen LogP contribution in [0, 0.1) is 0 Å². The lowest BCUT2D eigenvalue weighted by atomic mass is 10.1. The van der Waals surface area contributed by atoms with Crippen molar-refractivity contribution in [2.75, 3.05) is 52.9 Å². The monoisotopic (exact) mass is 753 g/mol. The SMILES string of the molecule is CCCCCCCC/C=C/CCCCCCCOCNCCCOC(COCCC(=O)ON1C(=O)CCC1=O)COCCC(=O)ON1C(=O)CCC1=O. The summed E-state index contributed by atoms with van der Waals surface area (Å²) in [5.74, 6) is -3.79. The quantitative estimate of drug-likeness (QED) is 0.0403. The molecule has 2 fully saturated rings. The summed E-state index contributed by atoms with van der Waals surface area (Å²) in [6, 6.07) is 0. The number of nitrogens with zero attached hydrogens (tertiary/aromatic N) is 2. The van der Waals surface area contributed by atoms with Gasteiger partial charge in [0.15, 0.2) is 0 Å². The molecule has 2 aliphatic heterocycles. The Balaban J connectivity index is 1.51. The number of rotatable bonds is 34. The normalized spacial score (nSPS) is 14.8. The van der Waals surface area contributed by atoms with Crippen molar-refractivity contribution in [3.63, 3.8) is 0 Å². The van der Waals surface area contributed by atoms with E-state index in [1.165, 1.54) is 77.0 Å². The molecule has 15 nitrogen and oxygen atoms in total. The molecule has 0 bridgehead atoms. The van der Waals surface area contributed by atoms with E-state index < -0.39 is 41.7 Å². The lowest BCUT2D eigenvalue weighted by molar-refractivity contribution is -0.198. The Morgan fingerprint density at radius 1 is 0.604 bits per heavy atom. The van der Waals surface area contributed by atoms with Gasteiger partial charge in [-0.2, -0.15) is 0 Å². The third-order valence-corrected chi connectivity index (χ3v) is 8.51. The van der Waals surface area contributed by atoms with E-state index >= 15 is 0 Å². The van der Waals surface area contributed by atoms with Gasteiger partial charge in [0.1, 0.15) is 6.10 Å². The van der Waals surface area contributed by atoms with Crippen molar-refractivity contribution in [2.45, 2.75) is 141 Å². The number of carbonyl (C=O) groups is 6. The van der Waals surface area contributed by atoms with Crippen LogP contribution in [0.3, 0.4) is 0 Å². The van der Waals surface area contributed by atoms with Gasteiger partial charge in [-0.25, -0.2) is 9.59 Å². The Morgan fingerprint density at radius 3 is 1.58 bits per heavy atom. The fourth-order valence-corrected chi connectivity index (χ4v) is 5.43. The van der Waals surface area contributed by atoms with Crippen molar-refractivity contribution in [1.82, 2.24) is 15.4 Å². The van der Waals surface area contributed by atoms with E-state index in [0.717, 1.165) is 13.0 Å². The summed E-state index contributed by atoms with van der Waals surface area (Å²) in [6.45, 7) is 4.49. The largest absolute Gasteiger partial charge is 0.378 e. The van der Waals surface area contributed by atoms with Gasteiger partial charge in [0.2, 0.25) is 0 Å². The van der Waals surface area contributed by atoms with Crippen molar-refractivity contribution in [3.8, 4) is 0 Å². The molecule has 53 heavy (non-hydrogen) atoms. The molecule has 2 saturated heterocycles. The van der Waals surface area contributed by atoms with Crippen LogP contribution in [0.4, 0.5) is 0 Å². The highest BCUT2D eigenvalue weighted by atomic mass is 16.7. The van der Waals surface area contributed by atoms with Crippen LogP contribution in [0.2, 0.25) is 0 Å². The van der Waals surface area contributed by atoms with Gasteiger partial charge in [0.05, 0.1) is 46.0 Å². The molecular weight excluding hydrogens is 690 g/mol. The first-order chi connectivity index (χ1) is 25.8. The molecule has 0 aliphatic carbocycles. The average Bonchev–Trinajstić information content (AvgIpc) is 3.63. The highest BCUT2D eigenvalue weighted by Crippen LogP contribution is 2.14. The van der Waals surface area contributed by atoms with Gasteiger partial charge in [-0.05, 0) is 45.1 Å². The first-order valence-corrected chi connectivity index (χ1v) is 19.7. The molecule has 0 spiro atoms. The number of amides is 4. The van der Waals surface area contributed by atoms with Gasteiger partial charge in [-0.3, -0.25) is 24.5 Å². The summed E-state index contributed by atoms with van der Waals surface area (Å²) in [4.78, 5) is 80.3. The summed E-state index contributed by atoms with van der Waals surface area (Å²) in [6.07, 6.45) is 20.9. The molecule has 0 aromatic carbocycles. The molecule has 1 N–H and O–H groups in total. The van der Waals surface area contributed by atoms with Crippen LogP contribution < -0.4 is 5.32 Å². The second kappa shape index (κ2) is 30.1. The van der Waals surface area contributed by atoms with Gasteiger partial charge in [0.25, 0.3) is 23.6 Å². The van der Waals surface area contributed by atoms with Crippen LogP contribution >= 0.6 is 0 Å². The van der Waals surface area contributed by atoms with E-state index in [1.54, 1.807) is 0 Å². The third-order valence-electron chi connectivity index (χ3n) is 8.51. The topological polar surface area (TPSA) is 176 Å². The number of nitrogens with one attached hydrogen (secondary N) is 1. The molecule has 2 aliphatic rings. The summed E-state index contributed by atoms with van der Waals surface area (Å²) in [5.41, 5.74) is 0. The Kier molecular flexibility index (Phi) is 26.1. The lowest BCUT2D eigenvalue weighted by Gasteiger charge is -2.19. The maximum atomic E-state index is 12.0. The summed E-state index contributed by atoms with van der Waals surface area (Å²) in [7, 11) is 0. The Bertz CT molecular complexity index is 1030. The van der Waals surface area contributed by atoms with Crippen LogP contribution in [0.1, 0.15) is 135 Å². The number of ether oxygens (including phenoxy) is 4. The highest BCUT2D eigenvalue weighted by molar-refractivity contribution is 6.02. The third kappa shape index (κ3) is 22.5. The van der Waals surface area contributed by atoms with Crippen LogP contribution in [-0.4, -0.2) is 105 Å². The second-order valence-electron chi connectivity index (χ2n) is 13.2. The van der Waals surface area contributed by atoms with E-state index in [2.05, 4.69) is 24.4 Å². The number of imide groups is 2. The van der Waals surface area contributed by atoms with Crippen LogP contribution in [-0.2, 0) is 57.4 Å². The van der Waals surface area contributed by atoms with E-state index in [-0.39, 0.29) is 65.0 Å². The molecule has 4 amide bonds. The Morgan fingerprint density at radius 2 is 1.08 bits per heavy atom. The molecule has 15 heteroatoms. The standard InChI is InChI=1S/C38H63N3O12/c1-2-3-4-5-6-7-8-9-10-11-12-13-14-15-16-25-50-31-39-24-17-26-51-32(29-48-27-22-37(46)52-40-33(42)18-19-34(40)43)30-49-28-23-38(47)53-41-35(44)20-21-36(41)45/h9-10,32,39H,2-8,11-31H2,1H3/b10-9+. The molecule has 0 atom stereocenters. The van der Waals surface area contributed by atoms with Crippen molar-refractivity contribution in [1.29, 1.82) is 0 Å². The average molecular weight is 754 g/mol. The molecule has 2 rings (SSSR count). The first kappa shape index (κ1) is 45.9. The Hall–Kier alpha value is -3.24. The maximum Gasteiger partial charge on any atom is 0.335 e. The number of allylic oxidation sites excluding steroid dienone is 2. The predicted molar refractivity (Wildman–Crippen MR) is 193 cm³/mol. The summed E-state index contributed by atoms with van der Waals surface area (Å²) < 4.78 is 22.7. The van der Waals surface area contributed by atoms with Crippen molar-refractivity contribution < 1.29 is 57.4 Å². The minimum atomic E-state index is -0.777. The molecule has 2 heterocycles. The van der Waals surface area contributed by atoms with E-state index in [0.29, 0.717) is 36.4 Å². The molecule has 0 radical (unpaired) electrons. The minimum Gasteiger partial charge on any atom is -0.378 e. The van der Waals surface area contributed by atoms with Gasteiger partial charge in [-0.15, -0.1) is 10.1 Å². The number of carbonyl (C=O) groups excluding carboxylic acids is 6. The molecule has 0 unspecified atom stereocenters. The second-order valence-corrected chi connectivity index (χ2v) is 13.2. The van der Waals surface area contributed by atoms with Gasteiger partial charge in [-0.1, -0.05) is 70.4 Å². The molecule has 0 saturated carbocycles. The number of hydrogen-bond donors (Lipinski definition) is 1. The molecule has 0 aromatic rings. The fourth-order valence-electron chi connectivity index (χ4n) is 5.43. The fraction of sp³-hybridized carbons (Fsp3) is 0.789. The van der Waals surface area contributed by atoms with Crippen molar-refractivity contribution in [2.24, 2.45) is 0 Å². The van der Waals surface area contributed by atoms with Gasteiger partial charge in [0, 0.05) is 38.9 Å². The van der Waals surface area contributed by atoms with E-state index in [9.17, 15) is 28.8 Å². The predicted octanol–water partition coefficient (Wildman–Crippen LogP) is 5.00. The number of hydroxylamine groups is 4. The molecule has 302 valence electrons. The van der Waals surface area contributed by atoms with Crippen molar-refractivity contribution >= 4 is 35.6 Å². The van der Waals surface area contributed by atoms with E-state index in [1.807, 2.05) is 0 Å².